The summed E-state index contributed by atoms with van der Waals surface area (Å²) >= 11 is 0. The van der Waals surface area contributed by atoms with E-state index in [0.29, 0.717) is 18.5 Å². The van der Waals surface area contributed by atoms with Crippen molar-refractivity contribution in [1.82, 2.24) is 10.2 Å². The molecule has 1 aliphatic rings. The van der Waals surface area contributed by atoms with Crippen LogP contribution >= 0.6 is 0 Å². The molecule has 2 atom stereocenters. The van der Waals surface area contributed by atoms with E-state index in [1.165, 1.54) is 25.7 Å². The van der Waals surface area contributed by atoms with Crippen molar-refractivity contribution in [2.24, 2.45) is 0 Å². The molecular weight excluding hydrogens is 179 g/mol. The van der Waals surface area contributed by atoms with E-state index in [4.69, 9.17) is 0 Å². The van der Waals surface area contributed by atoms with E-state index < -0.39 is 0 Å². The highest BCUT2D eigenvalue weighted by atomic mass is 19.1. The standard InChI is InChI=1S/C11H23FN2/c1-13-10-6-3-4-7-11(10)14(2)9-5-8-12/h10-11,13H,3-9H2,1-2H3/t10-,11-/m0/s1. The van der Waals surface area contributed by atoms with E-state index in [2.05, 4.69) is 17.3 Å². The Hall–Kier alpha value is -0.150. The number of hydrogen-bond donors (Lipinski definition) is 1. The number of likely N-dealkylation sites (N-methyl/N-ethyl adjacent to an activating group) is 2. The van der Waals surface area contributed by atoms with Crippen molar-refractivity contribution in [3.05, 3.63) is 0 Å². The second-order valence-corrected chi connectivity index (χ2v) is 4.27. The normalized spacial score (nSPS) is 28.3. The van der Waals surface area contributed by atoms with Gasteiger partial charge in [-0.1, -0.05) is 12.8 Å². The van der Waals surface area contributed by atoms with E-state index in [1.54, 1.807) is 0 Å². The summed E-state index contributed by atoms with van der Waals surface area (Å²) in [5.74, 6) is 0. The van der Waals surface area contributed by atoms with Crippen LogP contribution in [0.1, 0.15) is 32.1 Å². The summed E-state index contributed by atoms with van der Waals surface area (Å²) in [7, 11) is 4.15. The lowest BCUT2D eigenvalue weighted by molar-refractivity contribution is 0.149. The third-order valence-electron chi connectivity index (χ3n) is 3.31. The zero-order chi connectivity index (χ0) is 10.4. The summed E-state index contributed by atoms with van der Waals surface area (Å²) in [5, 5.41) is 3.38. The van der Waals surface area contributed by atoms with Gasteiger partial charge in [-0.3, -0.25) is 4.39 Å². The van der Waals surface area contributed by atoms with Gasteiger partial charge < -0.3 is 10.2 Å². The maximum absolute atomic E-state index is 12.1. The molecule has 1 rings (SSSR count). The van der Waals surface area contributed by atoms with E-state index in [9.17, 15) is 4.39 Å². The molecule has 1 aliphatic carbocycles. The fourth-order valence-corrected chi connectivity index (χ4v) is 2.45. The van der Waals surface area contributed by atoms with E-state index in [1.807, 2.05) is 7.05 Å². The summed E-state index contributed by atoms with van der Waals surface area (Å²) < 4.78 is 12.1. The molecule has 2 nitrogen and oxygen atoms in total. The first kappa shape index (κ1) is 11.9. The van der Waals surface area contributed by atoms with Crippen molar-refractivity contribution in [2.45, 2.75) is 44.2 Å². The van der Waals surface area contributed by atoms with Crippen molar-refractivity contribution >= 4 is 0 Å². The van der Waals surface area contributed by atoms with E-state index >= 15 is 0 Å². The second-order valence-electron chi connectivity index (χ2n) is 4.27. The first-order chi connectivity index (χ1) is 6.79. The van der Waals surface area contributed by atoms with Gasteiger partial charge in [-0.05, 0) is 33.4 Å². The van der Waals surface area contributed by atoms with Crippen LogP contribution in [-0.4, -0.2) is 44.3 Å². The third-order valence-corrected chi connectivity index (χ3v) is 3.31. The number of rotatable bonds is 5. The Morgan fingerprint density at radius 2 is 2.07 bits per heavy atom. The lowest BCUT2D eigenvalue weighted by Gasteiger charge is -2.37. The molecule has 0 aromatic rings. The van der Waals surface area contributed by atoms with Gasteiger partial charge in [0.1, 0.15) is 0 Å². The Labute approximate surface area is 86.9 Å². The number of alkyl halides is 1. The molecule has 0 bridgehead atoms. The van der Waals surface area contributed by atoms with Gasteiger partial charge in [0, 0.05) is 18.6 Å². The third kappa shape index (κ3) is 3.21. The van der Waals surface area contributed by atoms with Crippen LogP contribution in [0.2, 0.25) is 0 Å². The maximum Gasteiger partial charge on any atom is 0.0906 e. The van der Waals surface area contributed by atoms with Gasteiger partial charge in [0.15, 0.2) is 0 Å². The summed E-state index contributed by atoms with van der Waals surface area (Å²) in [6, 6.07) is 1.22. The van der Waals surface area contributed by atoms with Crippen LogP contribution in [0.25, 0.3) is 0 Å². The van der Waals surface area contributed by atoms with Gasteiger partial charge in [-0.25, -0.2) is 0 Å². The summed E-state index contributed by atoms with van der Waals surface area (Å²) in [6.45, 7) is 0.695. The summed E-state index contributed by atoms with van der Waals surface area (Å²) in [4.78, 5) is 2.32. The van der Waals surface area contributed by atoms with Gasteiger partial charge in [-0.15, -0.1) is 0 Å². The lowest BCUT2D eigenvalue weighted by Crippen LogP contribution is -2.49. The van der Waals surface area contributed by atoms with Crippen LogP contribution in [0.5, 0.6) is 0 Å². The number of hydrogen-bond acceptors (Lipinski definition) is 2. The van der Waals surface area contributed by atoms with Crippen molar-refractivity contribution in [3.8, 4) is 0 Å². The van der Waals surface area contributed by atoms with Crippen molar-refractivity contribution in [2.75, 3.05) is 27.3 Å². The number of nitrogens with zero attached hydrogens (tertiary/aromatic N) is 1. The molecule has 0 aromatic heterocycles. The molecular formula is C11H23FN2. The van der Waals surface area contributed by atoms with Crippen LogP contribution in [0.15, 0.2) is 0 Å². The molecule has 0 heterocycles. The Bertz CT molecular complexity index is 152. The smallest absolute Gasteiger partial charge is 0.0906 e. The molecule has 0 unspecified atom stereocenters. The zero-order valence-electron chi connectivity index (χ0n) is 9.43. The fourth-order valence-electron chi connectivity index (χ4n) is 2.45. The summed E-state index contributed by atoms with van der Waals surface area (Å²) in [5.41, 5.74) is 0. The largest absolute Gasteiger partial charge is 0.315 e. The molecule has 84 valence electrons. The molecule has 1 saturated carbocycles. The topological polar surface area (TPSA) is 15.3 Å². The minimum atomic E-state index is -0.193. The Balaban J connectivity index is 2.37. The molecule has 0 aliphatic heterocycles. The summed E-state index contributed by atoms with van der Waals surface area (Å²) in [6.07, 6.45) is 5.85. The lowest BCUT2D eigenvalue weighted by atomic mass is 9.89. The minimum absolute atomic E-state index is 0.193. The van der Waals surface area contributed by atoms with Crippen molar-refractivity contribution < 1.29 is 4.39 Å². The molecule has 1 fully saturated rings. The molecule has 0 spiro atoms. The van der Waals surface area contributed by atoms with Crippen LogP contribution in [-0.2, 0) is 0 Å². The van der Waals surface area contributed by atoms with Gasteiger partial charge in [-0.2, -0.15) is 0 Å². The Morgan fingerprint density at radius 3 is 2.71 bits per heavy atom. The molecule has 14 heavy (non-hydrogen) atoms. The minimum Gasteiger partial charge on any atom is -0.315 e. The molecule has 0 aromatic carbocycles. The predicted molar refractivity (Wildman–Crippen MR) is 58.3 cm³/mol. The quantitative estimate of drug-likeness (QED) is 0.731. The molecule has 3 heteroatoms. The Kier molecular flexibility index (Phi) is 5.41. The predicted octanol–water partition coefficient (Wildman–Crippen LogP) is 1.81. The fraction of sp³-hybridized carbons (Fsp3) is 1.00. The number of nitrogens with one attached hydrogen (secondary N) is 1. The average Bonchev–Trinajstić information content (AvgIpc) is 2.25. The maximum atomic E-state index is 12.1. The van der Waals surface area contributed by atoms with Gasteiger partial charge in [0.05, 0.1) is 6.67 Å². The Morgan fingerprint density at radius 1 is 1.36 bits per heavy atom. The molecule has 0 saturated heterocycles. The van der Waals surface area contributed by atoms with Gasteiger partial charge in [0.2, 0.25) is 0 Å². The zero-order valence-corrected chi connectivity index (χ0v) is 9.43. The van der Waals surface area contributed by atoms with Crippen LogP contribution < -0.4 is 5.32 Å². The molecule has 1 N–H and O–H groups in total. The van der Waals surface area contributed by atoms with Crippen molar-refractivity contribution in [1.29, 1.82) is 0 Å². The van der Waals surface area contributed by atoms with Crippen molar-refractivity contribution in [3.63, 3.8) is 0 Å². The first-order valence-electron chi connectivity index (χ1n) is 5.73. The monoisotopic (exact) mass is 202 g/mol. The van der Waals surface area contributed by atoms with Crippen LogP contribution in [0.4, 0.5) is 4.39 Å². The van der Waals surface area contributed by atoms with E-state index in [0.717, 1.165) is 6.54 Å². The molecule has 0 radical (unpaired) electrons. The van der Waals surface area contributed by atoms with Crippen LogP contribution in [0.3, 0.4) is 0 Å². The van der Waals surface area contributed by atoms with Crippen LogP contribution in [0, 0.1) is 0 Å². The van der Waals surface area contributed by atoms with Gasteiger partial charge >= 0.3 is 0 Å². The second kappa shape index (κ2) is 6.36. The highest BCUT2D eigenvalue weighted by Crippen LogP contribution is 2.22. The average molecular weight is 202 g/mol. The first-order valence-corrected chi connectivity index (χ1v) is 5.73. The SMILES string of the molecule is CN[C@H]1CCCC[C@@H]1N(C)CCCF. The van der Waals surface area contributed by atoms with E-state index in [-0.39, 0.29) is 6.67 Å². The van der Waals surface area contributed by atoms with Gasteiger partial charge in [0.25, 0.3) is 0 Å². The number of halogens is 1. The highest BCUT2D eigenvalue weighted by molar-refractivity contribution is 4.86. The molecule has 0 amide bonds. The highest BCUT2D eigenvalue weighted by Gasteiger charge is 2.26.